The summed E-state index contributed by atoms with van der Waals surface area (Å²) in [6.45, 7) is 12.4. The van der Waals surface area contributed by atoms with Crippen molar-refractivity contribution in [2.75, 3.05) is 26.9 Å². The quantitative estimate of drug-likeness (QED) is 0.705. The van der Waals surface area contributed by atoms with Crippen molar-refractivity contribution in [1.82, 2.24) is 14.9 Å². The standard InChI is InChI=1S/C15H29N3O2/c1-13-16-11-14(12-17-15(2,3)4)18(13)7-10-20-9-6-8-19-5/h11,17H,6-10,12H2,1-5H3. The minimum Gasteiger partial charge on any atom is -0.385 e. The van der Waals surface area contributed by atoms with Crippen LogP contribution in [0.4, 0.5) is 0 Å². The van der Waals surface area contributed by atoms with E-state index in [-0.39, 0.29) is 5.54 Å². The maximum atomic E-state index is 5.62. The van der Waals surface area contributed by atoms with Crippen LogP contribution in [0, 0.1) is 6.92 Å². The molecule has 0 amide bonds. The number of nitrogens with one attached hydrogen (secondary N) is 1. The fourth-order valence-electron chi connectivity index (χ4n) is 1.88. The minimum absolute atomic E-state index is 0.111. The molecule has 1 aromatic rings. The van der Waals surface area contributed by atoms with Crippen LogP contribution in [0.2, 0.25) is 0 Å². The SMILES string of the molecule is COCCCOCCn1c(CNC(C)(C)C)cnc1C. The molecule has 1 aromatic heterocycles. The molecule has 5 heteroatoms. The van der Waals surface area contributed by atoms with Gasteiger partial charge in [0.2, 0.25) is 0 Å². The zero-order valence-electron chi connectivity index (χ0n) is 13.5. The molecule has 1 heterocycles. The molecule has 0 fully saturated rings. The fraction of sp³-hybridized carbons (Fsp3) is 0.800. The zero-order chi connectivity index (χ0) is 15.0. The van der Waals surface area contributed by atoms with Crippen molar-refractivity contribution in [2.45, 2.75) is 52.7 Å². The molecule has 116 valence electrons. The molecule has 0 aliphatic heterocycles. The summed E-state index contributed by atoms with van der Waals surface area (Å²) in [6.07, 6.45) is 2.89. The predicted molar refractivity (Wildman–Crippen MR) is 80.9 cm³/mol. The molecule has 0 atom stereocenters. The van der Waals surface area contributed by atoms with E-state index in [2.05, 4.69) is 35.6 Å². The van der Waals surface area contributed by atoms with E-state index in [0.29, 0.717) is 6.61 Å². The van der Waals surface area contributed by atoms with Crippen LogP contribution in [0.25, 0.3) is 0 Å². The Bertz CT molecular complexity index is 383. The van der Waals surface area contributed by atoms with Crippen LogP contribution in [0.3, 0.4) is 0 Å². The second-order valence-corrected chi connectivity index (χ2v) is 6.01. The normalized spacial score (nSPS) is 12.1. The summed E-state index contributed by atoms with van der Waals surface area (Å²) in [5.74, 6) is 1.04. The van der Waals surface area contributed by atoms with E-state index in [1.54, 1.807) is 7.11 Å². The third-order valence-corrected chi connectivity index (χ3v) is 3.03. The molecule has 0 unspecified atom stereocenters. The molecular formula is C15H29N3O2. The number of rotatable bonds is 9. The van der Waals surface area contributed by atoms with Gasteiger partial charge in [-0.2, -0.15) is 0 Å². The largest absolute Gasteiger partial charge is 0.385 e. The van der Waals surface area contributed by atoms with Gasteiger partial charge in [-0.15, -0.1) is 0 Å². The second-order valence-electron chi connectivity index (χ2n) is 6.01. The van der Waals surface area contributed by atoms with Gasteiger partial charge in [-0.1, -0.05) is 0 Å². The molecule has 0 radical (unpaired) electrons. The molecule has 1 N–H and O–H groups in total. The molecule has 0 aliphatic carbocycles. The molecule has 0 aliphatic rings. The topological polar surface area (TPSA) is 48.3 Å². The summed E-state index contributed by atoms with van der Waals surface area (Å²) in [5.41, 5.74) is 1.32. The second kappa shape index (κ2) is 8.39. The van der Waals surface area contributed by atoms with Crippen LogP contribution >= 0.6 is 0 Å². The Labute approximate surface area is 122 Å². The fourth-order valence-corrected chi connectivity index (χ4v) is 1.88. The van der Waals surface area contributed by atoms with Gasteiger partial charge in [0.15, 0.2) is 0 Å². The number of hydrogen-bond donors (Lipinski definition) is 1. The minimum atomic E-state index is 0.111. The molecular weight excluding hydrogens is 254 g/mol. The third kappa shape index (κ3) is 6.50. The van der Waals surface area contributed by atoms with Crippen molar-refractivity contribution in [2.24, 2.45) is 0 Å². The summed E-state index contributed by atoms with van der Waals surface area (Å²) < 4.78 is 12.8. The lowest BCUT2D eigenvalue weighted by Crippen LogP contribution is -2.35. The van der Waals surface area contributed by atoms with Gasteiger partial charge in [0.25, 0.3) is 0 Å². The van der Waals surface area contributed by atoms with E-state index < -0.39 is 0 Å². The molecule has 0 aromatic carbocycles. The van der Waals surface area contributed by atoms with Crippen LogP contribution in [0.15, 0.2) is 6.20 Å². The Morgan fingerprint density at radius 2 is 2.00 bits per heavy atom. The lowest BCUT2D eigenvalue weighted by atomic mass is 10.1. The van der Waals surface area contributed by atoms with Crippen LogP contribution in [0.1, 0.15) is 38.7 Å². The Balaban J connectivity index is 2.38. The number of aromatic nitrogens is 2. The van der Waals surface area contributed by atoms with Gasteiger partial charge in [-0.25, -0.2) is 4.98 Å². The number of imidazole rings is 1. The lowest BCUT2D eigenvalue weighted by molar-refractivity contribution is 0.0970. The Hall–Kier alpha value is -0.910. The van der Waals surface area contributed by atoms with Gasteiger partial charge >= 0.3 is 0 Å². The van der Waals surface area contributed by atoms with Gasteiger partial charge in [0, 0.05) is 45.1 Å². The Kier molecular flexibility index (Phi) is 7.19. The molecule has 0 spiro atoms. The van der Waals surface area contributed by atoms with E-state index in [1.807, 2.05) is 13.1 Å². The van der Waals surface area contributed by atoms with Crippen molar-refractivity contribution in [3.05, 3.63) is 17.7 Å². The van der Waals surface area contributed by atoms with Gasteiger partial charge < -0.3 is 19.4 Å². The maximum Gasteiger partial charge on any atom is 0.105 e. The average molecular weight is 283 g/mol. The van der Waals surface area contributed by atoms with Gasteiger partial charge in [-0.3, -0.25) is 0 Å². The van der Waals surface area contributed by atoms with Crippen LogP contribution in [-0.2, 0) is 22.6 Å². The van der Waals surface area contributed by atoms with Gasteiger partial charge in [0.1, 0.15) is 5.82 Å². The van der Waals surface area contributed by atoms with E-state index >= 15 is 0 Å². The van der Waals surface area contributed by atoms with E-state index in [4.69, 9.17) is 9.47 Å². The molecule has 5 nitrogen and oxygen atoms in total. The number of ether oxygens (including phenoxy) is 2. The van der Waals surface area contributed by atoms with Crippen molar-refractivity contribution in [3.8, 4) is 0 Å². The number of aryl methyl sites for hydroxylation is 1. The molecule has 0 bridgehead atoms. The zero-order valence-corrected chi connectivity index (χ0v) is 13.5. The van der Waals surface area contributed by atoms with E-state index in [9.17, 15) is 0 Å². The highest BCUT2D eigenvalue weighted by atomic mass is 16.5. The van der Waals surface area contributed by atoms with Crippen molar-refractivity contribution >= 4 is 0 Å². The summed E-state index contributed by atoms with van der Waals surface area (Å²) >= 11 is 0. The lowest BCUT2D eigenvalue weighted by Gasteiger charge is -2.21. The number of hydrogen-bond acceptors (Lipinski definition) is 4. The summed E-state index contributed by atoms with van der Waals surface area (Å²) in [7, 11) is 1.71. The third-order valence-electron chi connectivity index (χ3n) is 3.03. The molecule has 20 heavy (non-hydrogen) atoms. The number of nitrogens with zero attached hydrogens (tertiary/aromatic N) is 2. The van der Waals surface area contributed by atoms with E-state index in [1.165, 1.54) is 5.69 Å². The number of methoxy groups -OCH3 is 1. The first kappa shape index (κ1) is 17.1. The average Bonchev–Trinajstić information content (AvgIpc) is 2.71. The Morgan fingerprint density at radius 3 is 2.65 bits per heavy atom. The molecule has 0 saturated carbocycles. The van der Waals surface area contributed by atoms with Crippen LogP contribution in [-0.4, -0.2) is 42.0 Å². The van der Waals surface area contributed by atoms with Crippen LogP contribution in [0.5, 0.6) is 0 Å². The monoisotopic (exact) mass is 283 g/mol. The van der Waals surface area contributed by atoms with Crippen molar-refractivity contribution in [1.29, 1.82) is 0 Å². The predicted octanol–water partition coefficient (Wildman–Crippen LogP) is 2.13. The van der Waals surface area contributed by atoms with Gasteiger partial charge in [0.05, 0.1) is 12.3 Å². The smallest absolute Gasteiger partial charge is 0.105 e. The maximum absolute atomic E-state index is 5.62. The van der Waals surface area contributed by atoms with E-state index in [0.717, 1.165) is 38.5 Å². The highest BCUT2D eigenvalue weighted by molar-refractivity contribution is 5.04. The first-order valence-corrected chi connectivity index (χ1v) is 7.27. The molecule has 0 saturated heterocycles. The highest BCUT2D eigenvalue weighted by Gasteiger charge is 2.12. The first-order chi connectivity index (χ1) is 9.44. The van der Waals surface area contributed by atoms with Crippen molar-refractivity contribution < 1.29 is 9.47 Å². The summed E-state index contributed by atoms with van der Waals surface area (Å²) in [5, 5.41) is 3.49. The van der Waals surface area contributed by atoms with Crippen molar-refractivity contribution in [3.63, 3.8) is 0 Å². The van der Waals surface area contributed by atoms with Gasteiger partial charge in [-0.05, 0) is 34.1 Å². The first-order valence-electron chi connectivity index (χ1n) is 7.27. The Morgan fingerprint density at radius 1 is 1.25 bits per heavy atom. The highest BCUT2D eigenvalue weighted by Crippen LogP contribution is 2.07. The summed E-state index contributed by atoms with van der Waals surface area (Å²) in [4.78, 5) is 4.39. The molecule has 1 rings (SSSR count). The summed E-state index contributed by atoms with van der Waals surface area (Å²) in [6, 6.07) is 0. The van der Waals surface area contributed by atoms with Crippen LogP contribution < -0.4 is 5.32 Å².